The van der Waals surface area contributed by atoms with E-state index in [-0.39, 0.29) is 24.6 Å². The van der Waals surface area contributed by atoms with E-state index < -0.39 is 6.10 Å². The number of aliphatic hydroxyl groups is 1. The third kappa shape index (κ3) is 4.52. The fourth-order valence-corrected chi connectivity index (χ4v) is 1.60. The molecular weight excluding hydrogens is 265 g/mol. The number of benzene rings is 1. The van der Waals surface area contributed by atoms with E-state index >= 15 is 0 Å². The summed E-state index contributed by atoms with van der Waals surface area (Å²) in [4.78, 5) is 11.7. The molecule has 2 N–H and O–H groups in total. The van der Waals surface area contributed by atoms with Crippen molar-refractivity contribution in [2.75, 3.05) is 20.3 Å². The largest absolute Gasteiger partial charge is 0.389 e. The first kappa shape index (κ1) is 14.3. The summed E-state index contributed by atoms with van der Waals surface area (Å²) in [5.41, 5.74) is 0.281. The van der Waals surface area contributed by atoms with Crippen molar-refractivity contribution in [3.63, 3.8) is 0 Å². The molecule has 6 heteroatoms. The maximum Gasteiger partial charge on any atom is 0.252 e. The van der Waals surface area contributed by atoms with E-state index in [2.05, 4.69) is 5.32 Å². The Kier molecular flexibility index (Phi) is 5.71. The summed E-state index contributed by atoms with van der Waals surface area (Å²) in [6.07, 6.45) is -0.748. The molecule has 94 valence electrons. The third-order valence-electron chi connectivity index (χ3n) is 2.03. The van der Waals surface area contributed by atoms with Crippen molar-refractivity contribution in [1.29, 1.82) is 0 Å². The van der Waals surface area contributed by atoms with Gasteiger partial charge in [-0.15, -0.1) is 0 Å². The van der Waals surface area contributed by atoms with Crippen LogP contribution in [0.2, 0.25) is 10.0 Å². The second-order valence-corrected chi connectivity index (χ2v) is 4.29. The van der Waals surface area contributed by atoms with Crippen molar-refractivity contribution in [2.24, 2.45) is 0 Å². The van der Waals surface area contributed by atoms with Gasteiger partial charge in [0.1, 0.15) is 0 Å². The molecule has 17 heavy (non-hydrogen) atoms. The molecule has 0 spiro atoms. The van der Waals surface area contributed by atoms with Crippen molar-refractivity contribution in [2.45, 2.75) is 6.10 Å². The summed E-state index contributed by atoms with van der Waals surface area (Å²) in [7, 11) is 1.47. The average molecular weight is 278 g/mol. The Hall–Kier alpha value is -0.810. The van der Waals surface area contributed by atoms with Gasteiger partial charge in [0.05, 0.1) is 23.3 Å². The van der Waals surface area contributed by atoms with E-state index in [1.165, 1.54) is 13.2 Å². The SMILES string of the molecule is COCC(O)CNC(=O)c1cc(Cl)ccc1Cl. The van der Waals surface area contributed by atoms with Crippen molar-refractivity contribution in [3.05, 3.63) is 33.8 Å². The molecule has 0 saturated carbocycles. The van der Waals surface area contributed by atoms with E-state index in [4.69, 9.17) is 27.9 Å². The number of rotatable bonds is 5. The Balaban J connectivity index is 2.61. The van der Waals surface area contributed by atoms with Gasteiger partial charge in [0.2, 0.25) is 0 Å². The van der Waals surface area contributed by atoms with Crippen LogP contribution in [0.5, 0.6) is 0 Å². The zero-order chi connectivity index (χ0) is 12.8. The summed E-state index contributed by atoms with van der Waals surface area (Å²) >= 11 is 11.6. The Morgan fingerprint density at radius 3 is 2.88 bits per heavy atom. The molecule has 4 nitrogen and oxygen atoms in total. The zero-order valence-corrected chi connectivity index (χ0v) is 10.8. The first-order chi connectivity index (χ1) is 8.04. The lowest BCUT2D eigenvalue weighted by molar-refractivity contribution is 0.0610. The van der Waals surface area contributed by atoms with Crippen molar-refractivity contribution >= 4 is 29.1 Å². The van der Waals surface area contributed by atoms with E-state index in [0.29, 0.717) is 10.0 Å². The minimum absolute atomic E-state index is 0.0928. The molecule has 0 fully saturated rings. The summed E-state index contributed by atoms with van der Waals surface area (Å²) in [6, 6.07) is 4.62. The monoisotopic (exact) mass is 277 g/mol. The normalized spacial score (nSPS) is 12.2. The number of nitrogens with one attached hydrogen (secondary N) is 1. The van der Waals surface area contributed by atoms with Crippen LogP contribution < -0.4 is 5.32 Å². The number of hydrogen-bond donors (Lipinski definition) is 2. The number of carbonyl (C=O) groups is 1. The number of methoxy groups -OCH3 is 1. The highest BCUT2D eigenvalue weighted by Gasteiger charge is 2.12. The average Bonchev–Trinajstić information content (AvgIpc) is 2.29. The predicted octanol–water partition coefficient (Wildman–Crippen LogP) is 1.73. The lowest BCUT2D eigenvalue weighted by Crippen LogP contribution is -2.34. The Morgan fingerprint density at radius 1 is 1.53 bits per heavy atom. The van der Waals surface area contributed by atoms with Gasteiger partial charge >= 0.3 is 0 Å². The highest BCUT2D eigenvalue weighted by molar-refractivity contribution is 6.35. The molecule has 0 aromatic heterocycles. The lowest BCUT2D eigenvalue weighted by atomic mass is 10.2. The topological polar surface area (TPSA) is 58.6 Å². The molecule has 0 radical (unpaired) electrons. The molecule has 1 aromatic rings. The van der Waals surface area contributed by atoms with Crippen molar-refractivity contribution < 1.29 is 14.6 Å². The van der Waals surface area contributed by atoms with E-state index in [1.54, 1.807) is 12.1 Å². The summed E-state index contributed by atoms with van der Waals surface area (Å²) < 4.78 is 4.74. The van der Waals surface area contributed by atoms with Crippen LogP contribution in [0.25, 0.3) is 0 Å². The van der Waals surface area contributed by atoms with Gasteiger partial charge in [0.15, 0.2) is 0 Å². The highest BCUT2D eigenvalue weighted by Crippen LogP contribution is 2.20. The Labute approximate surface area is 109 Å². The molecule has 0 aliphatic heterocycles. The quantitative estimate of drug-likeness (QED) is 0.862. The number of carbonyl (C=O) groups excluding carboxylic acids is 1. The van der Waals surface area contributed by atoms with Crippen LogP contribution in [-0.2, 0) is 4.74 Å². The summed E-state index contributed by atoms with van der Waals surface area (Å²) in [5.74, 6) is -0.382. The van der Waals surface area contributed by atoms with Gasteiger partial charge in [-0.2, -0.15) is 0 Å². The van der Waals surface area contributed by atoms with E-state index in [0.717, 1.165) is 0 Å². The van der Waals surface area contributed by atoms with E-state index in [9.17, 15) is 9.90 Å². The second-order valence-electron chi connectivity index (χ2n) is 3.44. The zero-order valence-electron chi connectivity index (χ0n) is 9.24. The number of aliphatic hydroxyl groups excluding tert-OH is 1. The fourth-order valence-electron chi connectivity index (χ4n) is 1.23. The molecule has 1 amide bonds. The Morgan fingerprint density at radius 2 is 2.24 bits per heavy atom. The minimum atomic E-state index is -0.748. The number of amides is 1. The van der Waals surface area contributed by atoms with Gasteiger partial charge in [-0.25, -0.2) is 0 Å². The number of ether oxygens (including phenoxy) is 1. The van der Waals surface area contributed by atoms with Gasteiger partial charge in [-0.1, -0.05) is 23.2 Å². The molecular formula is C11H13Cl2NO3. The van der Waals surface area contributed by atoms with Crippen LogP contribution >= 0.6 is 23.2 Å². The summed E-state index contributed by atoms with van der Waals surface area (Å²) in [5, 5.41) is 12.7. The molecule has 0 saturated heterocycles. The van der Waals surface area contributed by atoms with Crippen LogP contribution in [0.4, 0.5) is 0 Å². The maximum atomic E-state index is 11.7. The molecule has 0 heterocycles. The molecule has 1 rings (SSSR count). The lowest BCUT2D eigenvalue weighted by Gasteiger charge is -2.11. The molecule has 1 unspecified atom stereocenters. The van der Waals surface area contributed by atoms with Gasteiger partial charge in [0, 0.05) is 18.7 Å². The van der Waals surface area contributed by atoms with Crippen LogP contribution in [0, 0.1) is 0 Å². The summed E-state index contributed by atoms with van der Waals surface area (Å²) in [6.45, 7) is 0.249. The van der Waals surface area contributed by atoms with Gasteiger partial charge < -0.3 is 15.2 Å². The molecule has 0 bridgehead atoms. The van der Waals surface area contributed by atoms with Crippen molar-refractivity contribution in [1.82, 2.24) is 5.32 Å². The first-order valence-electron chi connectivity index (χ1n) is 4.95. The van der Waals surface area contributed by atoms with Crippen LogP contribution in [0.15, 0.2) is 18.2 Å². The smallest absolute Gasteiger partial charge is 0.252 e. The molecule has 0 aliphatic carbocycles. The first-order valence-corrected chi connectivity index (χ1v) is 5.70. The number of halogens is 2. The van der Waals surface area contributed by atoms with Gasteiger partial charge in [-0.05, 0) is 18.2 Å². The predicted molar refractivity (Wildman–Crippen MR) is 66.7 cm³/mol. The van der Waals surface area contributed by atoms with Crippen LogP contribution in [0.3, 0.4) is 0 Å². The van der Waals surface area contributed by atoms with E-state index in [1.807, 2.05) is 0 Å². The van der Waals surface area contributed by atoms with Crippen molar-refractivity contribution in [3.8, 4) is 0 Å². The van der Waals surface area contributed by atoms with Crippen LogP contribution in [0.1, 0.15) is 10.4 Å². The Bertz CT molecular complexity index is 398. The van der Waals surface area contributed by atoms with Crippen LogP contribution in [-0.4, -0.2) is 37.4 Å². The number of hydrogen-bond acceptors (Lipinski definition) is 3. The fraction of sp³-hybridized carbons (Fsp3) is 0.364. The molecule has 0 aliphatic rings. The van der Waals surface area contributed by atoms with Gasteiger partial charge in [-0.3, -0.25) is 4.79 Å². The third-order valence-corrected chi connectivity index (χ3v) is 2.60. The highest BCUT2D eigenvalue weighted by atomic mass is 35.5. The maximum absolute atomic E-state index is 11.7. The minimum Gasteiger partial charge on any atom is -0.389 e. The molecule has 1 atom stereocenters. The molecule has 1 aromatic carbocycles. The van der Waals surface area contributed by atoms with Gasteiger partial charge in [0.25, 0.3) is 5.91 Å². The second kappa shape index (κ2) is 6.81. The standard InChI is InChI=1S/C11H13Cl2NO3/c1-17-6-8(15)5-14-11(16)9-4-7(12)2-3-10(9)13/h2-4,8,15H,5-6H2,1H3,(H,14,16).